The van der Waals surface area contributed by atoms with E-state index < -0.39 is 5.60 Å². The highest BCUT2D eigenvalue weighted by Crippen LogP contribution is 2.33. The van der Waals surface area contributed by atoms with Gasteiger partial charge < -0.3 is 24.2 Å². The van der Waals surface area contributed by atoms with Gasteiger partial charge in [-0.2, -0.15) is 0 Å². The van der Waals surface area contributed by atoms with E-state index in [-0.39, 0.29) is 18.6 Å². The van der Waals surface area contributed by atoms with Crippen LogP contribution in [0.5, 0.6) is 0 Å². The van der Waals surface area contributed by atoms with Crippen LogP contribution in [0, 0.1) is 0 Å². The molecule has 3 rings (SSSR count). The van der Waals surface area contributed by atoms with Crippen molar-refractivity contribution in [1.29, 1.82) is 0 Å². The molecular formula is C18H32N4O4. The lowest BCUT2D eigenvalue weighted by molar-refractivity contribution is -0.138. The minimum absolute atomic E-state index is 0.00903. The normalized spacial score (nSPS) is 24.3. The zero-order chi connectivity index (χ0) is 18.6. The Hall–Kier alpha value is -1.38. The number of methoxy groups -OCH3 is 1. The second-order valence-corrected chi connectivity index (χ2v) is 7.56. The van der Waals surface area contributed by atoms with E-state index >= 15 is 0 Å². The number of hydrogen-bond acceptors (Lipinski definition) is 6. The molecule has 0 atom stereocenters. The van der Waals surface area contributed by atoms with Crippen LogP contribution >= 0.6 is 0 Å². The summed E-state index contributed by atoms with van der Waals surface area (Å²) in [6.07, 6.45) is 1.22. The first-order chi connectivity index (χ1) is 12.5. The summed E-state index contributed by atoms with van der Waals surface area (Å²) in [7, 11) is 1.53. The van der Waals surface area contributed by atoms with Crippen molar-refractivity contribution < 1.29 is 19.1 Å². The Balaban J connectivity index is 1.43. The summed E-state index contributed by atoms with van der Waals surface area (Å²) in [6.45, 7) is 11.3. The quantitative estimate of drug-likeness (QED) is 0.662. The van der Waals surface area contributed by atoms with Crippen LogP contribution in [0.15, 0.2) is 0 Å². The van der Waals surface area contributed by atoms with Crippen LogP contribution < -0.4 is 0 Å². The van der Waals surface area contributed by atoms with Gasteiger partial charge in [-0.05, 0) is 6.54 Å². The molecule has 2 amide bonds. The number of piperidine rings is 1. The van der Waals surface area contributed by atoms with Crippen molar-refractivity contribution in [2.45, 2.75) is 25.4 Å². The lowest BCUT2D eigenvalue weighted by Gasteiger charge is -2.37. The summed E-state index contributed by atoms with van der Waals surface area (Å²) in [6, 6.07) is 0. The first-order valence-corrected chi connectivity index (χ1v) is 9.74. The van der Waals surface area contributed by atoms with Crippen molar-refractivity contribution in [3.8, 4) is 0 Å². The number of likely N-dealkylation sites (N-methyl/N-ethyl adjacent to an activating group) is 1. The fourth-order valence-corrected chi connectivity index (χ4v) is 4.09. The van der Waals surface area contributed by atoms with E-state index in [1.54, 1.807) is 4.90 Å². The van der Waals surface area contributed by atoms with Gasteiger partial charge in [-0.25, -0.2) is 4.79 Å². The molecule has 3 saturated heterocycles. The van der Waals surface area contributed by atoms with Crippen molar-refractivity contribution in [1.82, 2.24) is 19.6 Å². The molecule has 0 saturated carbocycles. The van der Waals surface area contributed by atoms with Crippen LogP contribution in [0.2, 0.25) is 0 Å². The van der Waals surface area contributed by atoms with Gasteiger partial charge >= 0.3 is 6.09 Å². The Kier molecular flexibility index (Phi) is 6.37. The largest absolute Gasteiger partial charge is 0.441 e. The molecule has 0 N–H and O–H groups in total. The molecule has 3 aliphatic rings. The average molecular weight is 368 g/mol. The highest BCUT2D eigenvalue weighted by molar-refractivity contribution is 5.77. The van der Waals surface area contributed by atoms with E-state index in [1.165, 1.54) is 7.11 Å². The molecule has 8 heteroatoms. The predicted octanol–water partition coefficient (Wildman–Crippen LogP) is 0.0837. The number of hydrogen-bond donors (Lipinski definition) is 0. The molecule has 148 valence electrons. The molecular weight excluding hydrogens is 336 g/mol. The lowest BCUT2D eigenvalue weighted by Crippen LogP contribution is -2.50. The number of nitrogens with zero attached hydrogens (tertiary/aromatic N) is 4. The summed E-state index contributed by atoms with van der Waals surface area (Å²) in [5.41, 5.74) is -0.415. The van der Waals surface area contributed by atoms with E-state index in [4.69, 9.17) is 9.47 Å². The maximum atomic E-state index is 12.3. The number of likely N-dealkylation sites (tertiary alicyclic amines) is 1. The Morgan fingerprint density at radius 2 is 1.73 bits per heavy atom. The SMILES string of the molecule is CCN1CCN(CCN2CC3(CCN(C(=O)COC)CC3)OC2=O)CC1. The summed E-state index contributed by atoms with van der Waals surface area (Å²) in [4.78, 5) is 32.8. The summed E-state index contributed by atoms with van der Waals surface area (Å²) >= 11 is 0. The second-order valence-electron chi connectivity index (χ2n) is 7.56. The molecule has 0 aromatic rings. The molecule has 3 aliphatic heterocycles. The number of carbonyl (C=O) groups is 2. The van der Waals surface area contributed by atoms with E-state index in [0.29, 0.717) is 32.5 Å². The van der Waals surface area contributed by atoms with Gasteiger partial charge in [0.05, 0.1) is 6.54 Å². The monoisotopic (exact) mass is 368 g/mol. The van der Waals surface area contributed by atoms with Crippen molar-refractivity contribution in [3.63, 3.8) is 0 Å². The third kappa shape index (κ3) is 4.47. The first kappa shape index (κ1) is 19.4. The number of amides is 2. The summed E-state index contributed by atoms with van der Waals surface area (Å²) < 4.78 is 10.7. The van der Waals surface area contributed by atoms with Gasteiger partial charge in [-0.1, -0.05) is 6.92 Å². The van der Waals surface area contributed by atoms with Gasteiger partial charge in [0.1, 0.15) is 12.2 Å². The minimum atomic E-state index is -0.415. The molecule has 0 aromatic carbocycles. The van der Waals surface area contributed by atoms with Crippen LogP contribution in [0.25, 0.3) is 0 Å². The van der Waals surface area contributed by atoms with E-state index in [2.05, 4.69) is 16.7 Å². The number of carbonyl (C=O) groups excluding carboxylic acids is 2. The molecule has 8 nitrogen and oxygen atoms in total. The molecule has 3 heterocycles. The predicted molar refractivity (Wildman–Crippen MR) is 97.0 cm³/mol. The third-order valence-electron chi connectivity index (χ3n) is 5.93. The van der Waals surface area contributed by atoms with Crippen LogP contribution in [-0.2, 0) is 14.3 Å². The third-order valence-corrected chi connectivity index (χ3v) is 5.93. The molecule has 0 aliphatic carbocycles. The molecule has 3 fully saturated rings. The van der Waals surface area contributed by atoms with E-state index in [9.17, 15) is 9.59 Å². The first-order valence-electron chi connectivity index (χ1n) is 9.74. The Bertz CT molecular complexity index is 499. The van der Waals surface area contributed by atoms with Gasteiger partial charge in [0.25, 0.3) is 0 Å². The smallest absolute Gasteiger partial charge is 0.410 e. The van der Waals surface area contributed by atoms with Crippen molar-refractivity contribution in [2.24, 2.45) is 0 Å². The summed E-state index contributed by atoms with van der Waals surface area (Å²) in [5, 5.41) is 0. The highest BCUT2D eigenvalue weighted by atomic mass is 16.6. The van der Waals surface area contributed by atoms with Gasteiger partial charge in [-0.3, -0.25) is 9.69 Å². The van der Waals surface area contributed by atoms with Gasteiger partial charge in [0.2, 0.25) is 5.91 Å². The zero-order valence-electron chi connectivity index (χ0n) is 16.1. The van der Waals surface area contributed by atoms with Crippen molar-refractivity contribution in [3.05, 3.63) is 0 Å². The molecule has 26 heavy (non-hydrogen) atoms. The van der Waals surface area contributed by atoms with Gasteiger partial charge in [-0.15, -0.1) is 0 Å². The Morgan fingerprint density at radius 1 is 1.08 bits per heavy atom. The Labute approximate surface area is 156 Å². The van der Waals surface area contributed by atoms with Gasteiger partial charge in [0.15, 0.2) is 0 Å². The van der Waals surface area contributed by atoms with Crippen LogP contribution in [-0.4, -0.2) is 116 Å². The van der Waals surface area contributed by atoms with Crippen LogP contribution in [0.4, 0.5) is 4.79 Å². The van der Waals surface area contributed by atoms with Crippen molar-refractivity contribution >= 4 is 12.0 Å². The number of rotatable bonds is 6. The maximum absolute atomic E-state index is 12.3. The minimum Gasteiger partial charge on any atom is -0.441 e. The molecule has 0 aromatic heterocycles. The van der Waals surface area contributed by atoms with Crippen molar-refractivity contribution in [2.75, 3.05) is 79.2 Å². The van der Waals surface area contributed by atoms with Gasteiger partial charge in [0, 0.05) is 72.3 Å². The van der Waals surface area contributed by atoms with E-state index in [1.807, 2.05) is 4.90 Å². The molecule has 0 radical (unpaired) electrons. The lowest BCUT2D eigenvalue weighted by atomic mass is 9.91. The molecule has 1 spiro atoms. The number of piperazine rings is 1. The molecule has 0 bridgehead atoms. The fraction of sp³-hybridized carbons (Fsp3) is 0.889. The average Bonchev–Trinajstić information content (AvgIpc) is 2.96. The van der Waals surface area contributed by atoms with E-state index in [0.717, 1.165) is 45.8 Å². The standard InChI is InChI=1S/C18H32N4O4/c1-3-19-8-10-20(11-9-19)12-13-22-15-18(26-17(22)24)4-6-21(7-5-18)16(23)14-25-2/h3-15H2,1-2H3. The number of ether oxygens (including phenoxy) is 2. The second kappa shape index (κ2) is 8.54. The highest BCUT2D eigenvalue weighted by Gasteiger charge is 2.47. The summed E-state index contributed by atoms with van der Waals surface area (Å²) in [5.74, 6) is 0.00903. The maximum Gasteiger partial charge on any atom is 0.410 e. The van der Waals surface area contributed by atoms with Crippen LogP contribution in [0.3, 0.4) is 0 Å². The fourth-order valence-electron chi connectivity index (χ4n) is 4.09. The molecule has 0 unspecified atom stereocenters. The van der Waals surface area contributed by atoms with Crippen LogP contribution in [0.1, 0.15) is 19.8 Å². The zero-order valence-corrected chi connectivity index (χ0v) is 16.1. The Morgan fingerprint density at radius 3 is 2.35 bits per heavy atom. The topological polar surface area (TPSA) is 65.6 Å².